The molecule has 158 valence electrons. The summed E-state index contributed by atoms with van der Waals surface area (Å²) in [5.74, 6) is -0.0591. The zero-order valence-electron chi connectivity index (χ0n) is 17.5. The second-order valence-electron chi connectivity index (χ2n) is 7.60. The summed E-state index contributed by atoms with van der Waals surface area (Å²) in [7, 11) is 1.34. The minimum Gasteiger partial charge on any atom is -0.467 e. The van der Waals surface area contributed by atoms with E-state index in [1.54, 1.807) is 18.2 Å². The van der Waals surface area contributed by atoms with Gasteiger partial charge in [0.1, 0.15) is 11.9 Å². The van der Waals surface area contributed by atoms with E-state index in [1.807, 2.05) is 66.9 Å². The van der Waals surface area contributed by atoms with Crippen LogP contribution in [0.15, 0.2) is 89.9 Å². The Balaban J connectivity index is 1.76. The topological polar surface area (TPSA) is 77.0 Å². The molecule has 0 saturated heterocycles. The lowest BCUT2D eigenvalue weighted by atomic mass is 10.0. The summed E-state index contributed by atoms with van der Waals surface area (Å²) >= 11 is 0. The second kappa shape index (κ2) is 8.15. The van der Waals surface area contributed by atoms with Crippen LogP contribution in [-0.2, 0) is 16.0 Å². The third kappa shape index (κ3) is 3.36. The number of aromatic nitrogens is 3. The van der Waals surface area contributed by atoms with Crippen LogP contribution < -0.4 is 5.56 Å². The van der Waals surface area contributed by atoms with Gasteiger partial charge in [0.15, 0.2) is 0 Å². The number of hydrogen-bond donors (Lipinski definition) is 1. The molecule has 6 nitrogen and oxygen atoms in total. The van der Waals surface area contributed by atoms with E-state index < -0.39 is 12.0 Å². The van der Waals surface area contributed by atoms with Crippen molar-refractivity contribution in [2.24, 2.45) is 0 Å². The van der Waals surface area contributed by atoms with Crippen LogP contribution in [0.2, 0.25) is 0 Å². The molecule has 6 heteroatoms. The lowest BCUT2D eigenvalue weighted by Crippen LogP contribution is -2.34. The van der Waals surface area contributed by atoms with Crippen molar-refractivity contribution in [2.45, 2.75) is 12.5 Å². The third-order valence-corrected chi connectivity index (χ3v) is 5.71. The van der Waals surface area contributed by atoms with Crippen LogP contribution >= 0.6 is 0 Å². The maximum absolute atomic E-state index is 13.7. The molecule has 0 aliphatic heterocycles. The van der Waals surface area contributed by atoms with Crippen LogP contribution in [0.5, 0.6) is 0 Å². The molecule has 2 heterocycles. The molecule has 5 rings (SSSR count). The Morgan fingerprint density at radius 1 is 0.969 bits per heavy atom. The summed E-state index contributed by atoms with van der Waals surface area (Å²) < 4.78 is 6.63. The fourth-order valence-electron chi connectivity index (χ4n) is 4.15. The molecule has 0 radical (unpaired) electrons. The minimum absolute atomic E-state index is 0.273. The summed E-state index contributed by atoms with van der Waals surface area (Å²) in [4.78, 5) is 34.7. The van der Waals surface area contributed by atoms with Gasteiger partial charge in [0, 0.05) is 29.1 Å². The fourth-order valence-corrected chi connectivity index (χ4v) is 4.15. The number of nitrogens with zero attached hydrogens (tertiary/aromatic N) is 2. The average molecular weight is 423 g/mol. The molecule has 0 fully saturated rings. The number of H-pyrrole nitrogens is 1. The van der Waals surface area contributed by atoms with Gasteiger partial charge in [-0.25, -0.2) is 9.78 Å². The number of carbonyl (C=O) groups is 1. The van der Waals surface area contributed by atoms with Crippen molar-refractivity contribution >= 4 is 27.8 Å². The van der Waals surface area contributed by atoms with Crippen LogP contribution in [0.1, 0.15) is 11.6 Å². The lowest BCUT2D eigenvalue weighted by molar-refractivity contribution is -0.144. The van der Waals surface area contributed by atoms with Crippen molar-refractivity contribution in [2.75, 3.05) is 7.11 Å². The SMILES string of the molecule is COC(=O)[C@H](Cc1c[nH]c2ccccc12)n1c(-c2ccccc2)nc2ccccc2c1=O. The van der Waals surface area contributed by atoms with Crippen molar-refractivity contribution in [3.63, 3.8) is 0 Å². The Morgan fingerprint density at radius 3 is 2.44 bits per heavy atom. The Bertz CT molecular complexity index is 1490. The number of aromatic amines is 1. The number of esters is 1. The first-order chi connectivity index (χ1) is 15.7. The molecule has 0 spiro atoms. The Hall–Kier alpha value is -4.19. The molecule has 1 N–H and O–H groups in total. The number of hydrogen-bond acceptors (Lipinski definition) is 4. The highest BCUT2D eigenvalue weighted by Crippen LogP contribution is 2.27. The van der Waals surface area contributed by atoms with E-state index in [4.69, 9.17) is 9.72 Å². The Labute approximate surface area is 184 Å². The van der Waals surface area contributed by atoms with Crippen molar-refractivity contribution in [3.05, 3.63) is 101 Å². The van der Waals surface area contributed by atoms with Crippen molar-refractivity contribution in [1.82, 2.24) is 14.5 Å². The van der Waals surface area contributed by atoms with Gasteiger partial charge in [-0.05, 0) is 23.8 Å². The van der Waals surface area contributed by atoms with Crippen molar-refractivity contribution in [1.29, 1.82) is 0 Å². The van der Waals surface area contributed by atoms with Gasteiger partial charge in [-0.15, -0.1) is 0 Å². The molecule has 0 aliphatic carbocycles. The Morgan fingerprint density at radius 2 is 1.66 bits per heavy atom. The number of fused-ring (bicyclic) bond motifs is 2. The molecule has 0 unspecified atom stereocenters. The molecular formula is C26H21N3O3. The van der Waals surface area contributed by atoms with E-state index in [2.05, 4.69) is 4.98 Å². The number of rotatable bonds is 5. The van der Waals surface area contributed by atoms with Crippen molar-refractivity contribution in [3.8, 4) is 11.4 Å². The number of methoxy groups -OCH3 is 1. The van der Waals surface area contributed by atoms with Crippen molar-refractivity contribution < 1.29 is 9.53 Å². The van der Waals surface area contributed by atoms with Crippen LogP contribution in [0.25, 0.3) is 33.2 Å². The minimum atomic E-state index is -0.876. The molecule has 0 saturated carbocycles. The van der Waals surface area contributed by atoms with Gasteiger partial charge >= 0.3 is 5.97 Å². The third-order valence-electron chi connectivity index (χ3n) is 5.71. The zero-order chi connectivity index (χ0) is 22.1. The summed E-state index contributed by atoms with van der Waals surface area (Å²) in [6.07, 6.45) is 2.17. The van der Waals surface area contributed by atoms with Crippen LogP contribution in [-0.4, -0.2) is 27.6 Å². The largest absolute Gasteiger partial charge is 0.467 e. The molecule has 2 aromatic heterocycles. The maximum Gasteiger partial charge on any atom is 0.329 e. The van der Waals surface area contributed by atoms with E-state index in [9.17, 15) is 9.59 Å². The first-order valence-corrected chi connectivity index (χ1v) is 10.4. The zero-order valence-corrected chi connectivity index (χ0v) is 17.5. The molecule has 0 aliphatic rings. The number of carbonyl (C=O) groups excluding carboxylic acids is 1. The number of para-hydroxylation sites is 2. The monoisotopic (exact) mass is 423 g/mol. The van der Waals surface area contributed by atoms with Crippen LogP contribution in [0, 0.1) is 0 Å². The highest BCUT2D eigenvalue weighted by atomic mass is 16.5. The predicted molar refractivity (Wildman–Crippen MR) is 124 cm³/mol. The summed E-state index contributed by atoms with van der Waals surface area (Å²) in [6, 6.07) is 23.6. The first-order valence-electron chi connectivity index (χ1n) is 10.4. The second-order valence-corrected chi connectivity index (χ2v) is 7.60. The van der Waals surface area contributed by atoms with Gasteiger partial charge in [-0.1, -0.05) is 60.7 Å². The number of nitrogens with one attached hydrogen (secondary N) is 1. The van der Waals surface area contributed by atoms with Gasteiger partial charge < -0.3 is 9.72 Å². The quantitative estimate of drug-likeness (QED) is 0.422. The lowest BCUT2D eigenvalue weighted by Gasteiger charge is -2.21. The summed E-state index contributed by atoms with van der Waals surface area (Å²) in [5.41, 5.74) is 2.96. The van der Waals surface area contributed by atoms with E-state index in [0.29, 0.717) is 16.7 Å². The molecule has 0 amide bonds. The van der Waals surface area contributed by atoms with Crippen LogP contribution in [0.3, 0.4) is 0 Å². The highest BCUT2D eigenvalue weighted by Gasteiger charge is 2.28. The summed E-state index contributed by atoms with van der Waals surface area (Å²) in [5, 5.41) is 1.46. The average Bonchev–Trinajstić information content (AvgIpc) is 3.26. The van der Waals surface area contributed by atoms with E-state index in [1.165, 1.54) is 11.7 Å². The number of ether oxygens (including phenoxy) is 1. The van der Waals surface area contributed by atoms with E-state index >= 15 is 0 Å². The first kappa shape index (κ1) is 19.8. The molecule has 3 aromatic carbocycles. The van der Waals surface area contributed by atoms with E-state index in [-0.39, 0.29) is 12.0 Å². The summed E-state index contributed by atoms with van der Waals surface area (Å²) in [6.45, 7) is 0. The standard InChI is InChI=1S/C26H21N3O3/c1-32-26(31)23(15-18-16-27-21-13-7-5-11-19(18)21)29-24(17-9-3-2-4-10-17)28-22-14-8-6-12-20(22)25(29)30/h2-14,16,23,27H,15H2,1H3/t23-/m0/s1. The number of benzene rings is 3. The highest BCUT2D eigenvalue weighted by molar-refractivity contribution is 5.85. The molecule has 1 atom stereocenters. The van der Waals surface area contributed by atoms with Gasteiger partial charge in [-0.2, -0.15) is 0 Å². The molecule has 5 aromatic rings. The van der Waals surface area contributed by atoms with Gasteiger partial charge in [-0.3, -0.25) is 9.36 Å². The smallest absolute Gasteiger partial charge is 0.329 e. The Kier molecular flexibility index (Phi) is 5.03. The molecule has 0 bridgehead atoms. The molecular weight excluding hydrogens is 402 g/mol. The van der Waals surface area contributed by atoms with Gasteiger partial charge in [0.05, 0.1) is 18.0 Å². The molecule has 32 heavy (non-hydrogen) atoms. The van der Waals surface area contributed by atoms with Gasteiger partial charge in [0.2, 0.25) is 0 Å². The van der Waals surface area contributed by atoms with Gasteiger partial charge in [0.25, 0.3) is 5.56 Å². The fraction of sp³-hybridized carbons (Fsp3) is 0.115. The van der Waals surface area contributed by atoms with E-state index in [0.717, 1.165) is 22.0 Å². The maximum atomic E-state index is 13.7. The van der Waals surface area contributed by atoms with Crippen LogP contribution in [0.4, 0.5) is 0 Å². The predicted octanol–water partition coefficient (Wildman–Crippen LogP) is 4.50. The normalized spacial score (nSPS) is 12.2.